The van der Waals surface area contributed by atoms with E-state index >= 15 is 0 Å². The predicted molar refractivity (Wildman–Crippen MR) is 98.7 cm³/mol. The molecule has 1 fully saturated rings. The van der Waals surface area contributed by atoms with Gasteiger partial charge in [0.15, 0.2) is 0 Å². The van der Waals surface area contributed by atoms with E-state index in [4.69, 9.17) is 0 Å². The first-order valence-corrected chi connectivity index (χ1v) is 9.23. The molecule has 0 radical (unpaired) electrons. The molecule has 3 heterocycles. The van der Waals surface area contributed by atoms with Crippen molar-refractivity contribution in [2.24, 2.45) is 0 Å². The number of aliphatic hydroxyl groups is 1. The number of hydrogen-bond acceptors (Lipinski definition) is 5. The zero-order valence-electron chi connectivity index (χ0n) is 13.8. The standard InChI is InChI=1S/C19H21N3OS/c1-14-12-24-17-16(14)20-13-21-18(17)22-9-7-19(23,8-10-22)11-15-5-3-2-4-6-15/h2-6,12-13,23H,7-11H2,1H3. The number of nitrogens with zero attached hydrogens (tertiary/aromatic N) is 3. The number of fused-ring (bicyclic) bond motifs is 1. The molecule has 1 saturated heterocycles. The van der Waals surface area contributed by atoms with E-state index in [2.05, 4.69) is 39.3 Å². The molecule has 0 unspecified atom stereocenters. The van der Waals surface area contributed by atoms with Crippen molar-refractivity contribution < 1.29 is 5.11 Å². The lowest BCUT2D eigenvalue weighted by atomic mass is 9.85. The zero-order valence-corrected chi connectivity index (χ0v) is 14.6. The lowest BCUT2D eigenvalue weighted by Crippen LogP contribution is -2.46. The summed E-state index contributed by atoms with van der Waals surface area (Å²) >= 11 is 1.71. The maximum Gasteiger partial charge on any atom is 0.150 e. The van der Waals surface area contributed by atoms with Gasteiger partial charge in [-0.3, -0.25) is 0 Å². The molecule has 4 nitrogen and oxygen atoms in total. The summed E-state index contributed by atoms with van der Waals surface area (Å²) in [5.74, 6) is 1.01. The summed E-state index contributed by atoms with van der Waals surface area (Å²) in [5, 5.41) is 13.1. The minimum absolute atomic E-state index is 0.616. The predicted octanol–water partition coefficient (Wildman–Crippen LogP) is 3.57. The number of aromatic nitrogens is 2. The second-order valence-corrected chi connectivity index (χ2v) is 7.55. The first-order valence-electron chi connectivity index (χ1n) is 8.35. The Morgan fingerprint density at radius 2 is 1.92 bits per heavy atom. The van der Waals surface area contributed by atoms with E-state index in [-0.39, 0.29) is 0 Å². The molecule has 0 amide bonds. The van der Waals surface area contributed by atoms with Crippen molar-refractivity contribution in [2.45, 2.75) is 31.8 Å². The summed E-state index contributed by atoms with van der Waals surface area (Å²) in [4.78, 5) is 11.2. The maximum absolute atomic E-state index is 10.9. The van der Waals surface area contributed by atoms with E-state index < -0.39 is 5.60 Å². The Hall–Kier alpha value is -1.98. The summed E-state index contributed by atoms with van der Waals surface area (Å²) < 4.78 is 1.16. The van der Waals surface area contributed by atoms with Crippen LogP contribution in [-0.4, -0.2) is 33.8 Å². The van der Waals surface area contributed by atoms with E-state index in [9.17, 15) is 5.11 Å². The van der Waals surface area contributed by atoms with Crippen LogP contribution < -0.4 is 4.90 Å². The molecule has 1 N–H and O–H groups in total. The quantitative estimate of drug-likeness (QED) is 0.792. The number of piperidine rings is 1. The molecule has 5 heteroatoms. The van der Waals surface area contributed by atoms with Gasteiger partial charge in [-0.25, -0.2) is 9.97 Å². The largest absolute Gasteiger partial charge is 0.389 e. The molecule has 1 aliphatic heterocycles. The van der Waals surface area contributed by atoms with Gasteiger partial charge in [-0.2, -0.15) is 0 Å². The Morgan fingerprint density at radius 1 is 1.17 bits per heavy atom. The van der Waals surface area contributed by atoms with Crippen molar-refractivity contribution in [3.8, 4) is 0 Å². The van der Waals surface area contributed by atoms with Crippen molar-refractivity contribution in [3.05, 3.63) is 53.2 Å². The van der Waals surface area contributed by atoms with E-state index in [0.717, 1.165) is 48.4 Å². The van der Waals surface area contributed by atoms with Crippen LogP contribution in [0, 0.1) is 6.92 Å². The normalized spacial score (nSPS) is 17.3. The van der Waals surface area contributed by atoms with Crippen LogP contribution in [0.25, 0.3) is 10.2 Å². The fourth-order valence-electron chi connectivity index (χ4n) is 3.47. The average Bonchev–Trinajstić information content (AvgIpc) is 2.98. The summed E-state index contributed by atoms with van der Waals surface area (Å²) in [6.45, 7) is 3.74. The number of benzene rings is 1. The Morgan fingerprint density at radius 3 is 2.67 bits per heavy atom. The second-order valence-electron chi connectivity index (χ2n) is 6.67. The first kappa shape index (κ1) is 15.5. The zero-order chi connectivity index (χ0) is 16.6. The Balaban J connectivity index is 1.51. The van der Waals surface area contributed by atoms with Crippen LogP contribution in [-0.2, 0) is 6.42 Å². The third-order valence-electron chi connectivity index (χ3n) is 4.88. The number of aryl methyl sites for hydroxylation is 1. The van der Waals surface area contributed by atoms with Gasteiger partial charge in [0.05, 0.1) is 15.8 Å². The van der Waals surface area contributed by atoms with Gasteiger partial charge in [0, 0.05) is 19.5 Å². The summed E-state index contributed by atoms with van der Waals surface area (Å²) in [5.41, 5.74) is 2.84. The van der Waals surface area contributed by atoms with Gasteiger partial charge < -0.3 is 10.0 Å². The third-order valence-corrected chi connectivity index (χ3v) is 5.96. The Kier molecular flexibility index (Phi) is 3.98. The van der Waals surface area contributed by atoms with E-state index in [1.807, 2.05) is 18.2 Å². The van der Waals surface area contributed by atoms with Crippen LogP contribution in [0.2, 0.25) is 0 Å². The highest BCUT2D eigenvalue weighted by atomic mass is 32.1. The van der Waals surface area contributed by atoms with Crippen LogP contribution in [0.1, 0.15) is 24.0 Å². The van der Waals surface area contributed by atoms with Crippen molar-refractivity contribution in [3.63, 3.8) is 0 Å². The van der Waals surface area contributed by atoms with Gasteiger partial charge in [-0.15, -0.1) is 11.3 Å². The molecule has 0 bridgehead atoms. The third kappa shape index (κ3) is 2.89. The molecule has 24 heavy (non-hydrogen) atoms. The van der Waals surface area contributed by atoms with E-state index in [1.165, 1.54) is 11.1 Å². The van der Waals surface area contributed by atoms with Crippen LogP contribution in [0.5, 0.6) is 0 Å². The van der Waals surface area contributed by atoms with Gasteiger partial charge >= 0.3 is 0 Å². The molecule has 1 aliphatic rings. The molecular formula is C19H21N3OS. The smallest absolute Gasteiger partial charge is 0.150 e. The summed E-state index contributed by atoms with van der Waals surface area (Å²) in [7, 11) is 0. The summed E-state index contributed by atoms with van der Waals surface area (Å²) in [6, 6.07) is 10.3. The molecule has 0 spiro atoms. The SMILES string of the molecule is Cc1csc2c(N3CCC(O)(Cc4ccccc4)CC3)ncnc12. The highest BCUT2D eigenvalue weighted by molar-refractivity contribution is 7.18. The highest BCUT2D eigenvalue weighted by Crippen LogP contribution is 2.34. The lowest BCUT2D eigenvalue weighted by molar-refractivity contribution is 0.0165. The van der Waals surface area contributed by atoms with Gasteiger partial charge in [0.2, 0.25) is 0 Å². The number of anilines is 1. The number of hydrogen-bond donors (Lipinski definition) is 1. The topological polar surface area (TPSA) is 49.2 Å². The molecule has 4 rings (SSSR count). The molecular weight excluding hydrogens is 318 g/mol. The molecule has 0 atom stereocenters. The maximum atomic E-state index is 10.9. The van der Waals surface area contributed by atoms with Crippen molar-refractivity contribution >= 4 is 27.4 Å². The Bertz CT molecular complexity index is 838. The molecule has 124 valence electrons. The van der Waals surface area contributed by atoms with Crippen molar-refractivity contribution in [1.29, 1.82) is 0 Å². The fourth-order valence-corrected chi connectivity index (χ4v) is 4.49. The Labute approximate surface area is 145 Å². The number of rotatable bonds is 3. The lowest BCUT2D eigenvalue weighted by Gasteiger charge is -2.39. The van der Waals surface area contributed by atoms with E-state index in [1.54, 1.807) is 17.7 Å². The second kappa shape index (κ2) is 6.15. The van der Waals surface area contributed by atoms with Crippen LogP contribution >= 0.6 is 11.3 Å². The molecule has 0 saturated carbocycles. The minimum atomic E-state index is -0.616. The average molecular weight is 339 g/mol. The van der Waals surface area contributed by atoms with Crippen molar-refractivity contribution in [1.82, 2.24) is 9.97 Å². The van der Waals surface area contributed by atoms with Crippen LogP contribution in [0.3, 0.4) is 0 Å². The molecule has 3 aromatic rings. The first-order chi connectivity index (χ1) is 11.6. The highest BCUT2D eigenvalue weighted by Gasteiger charge is 2.33. The fraction of sp³-hybridized carbons (Fsp3) is 0.368. The molecule has 1 aromatic carbocycles. The van der Waals surface area contributed by atoms with Gasteiger partial charge in [-0.05, 0) is 36.3 Å². The number of thiophene rings is 1. The van der Waals surface area contributed by atoms with Gasteiger partial charge in [0.25, 0.3) is 0 Å². The molecule has 2 aromatic heterocycles. The molecule has 0 aliphatic carbocycles. The van der Waals surface area contributed by atoms with Gasteiger partial charge in [0.1, 0.15) is 12.1 Å². The summed E-state index contributed by atoms with van der Waals surface area (Å²) in [6.07, 6.45) is 3.90. The van der Waals surface area contributed by atoms with Crippen LogP contribution in [0.4, 0.5) is 5.82 Å². The monoisotopic (exact) mass is 339 g/mol. The minimum Gasteiger partial charge on any atom is -0.389 e. The van der Waals surface area contributed by atoms with Gasteiger partial charge in [-0.1, -0.05) is 30.3 Å². The van der Waals surface area contributed by atoms with Crippen LogP contribution in [0.15, 0.2) is 42.0 Å². The van der Waals surface area contributed by atoms with Crippen molar-refractivity contribution in [2.75, 3.05) is 18.0 Å². The van der Waals surface area contributed by atoms with E-state index in [0.29, 0.717) is 0 Å².